The van der Waals surface area contributed by atoms with Crippen LogP contribution in [0, 0.1) is 29.1 Å². The maximum absolute atomic E-state index is 12.3. The number of nitrogens with zero attached hydrogens (tertiary/aromatic N) is 1. The fourth-order valence-electron chi connectivity index (χ4n) is 5.61. The second-order valence-corrected chi connectivity index (χ2v) is 9.79. The van der Waals surface area contributed by atoms with Crippen molar-refractivity contribution in [3.05, 3.63) is 54.1 Å². The van der Waals surface area contributed by atoms with Gasteiger partial charge in [-0.05, 0) is 79.9 Å². The zero-order valence-corrected chi connectivity index (χ0v) is 19.4. The van der Waals surface area contributed by atoms with Gasteiger partial charge in [-0.2, -0.15) is 5.26 Å². The third-order valence-electron chi connectivity index (χ3n) is 7.54. The van der Waals surface area contributed by atoms with Gasteiger partial charge >= 0.3 is 6.36 Å². The van der Waals surface area contributed by atoms with Crippen molar-refractivity contribution in [3.63, 3.8) is 0 Å². The number of hydrogen-bond acceptors (Lipinski definition) is 2. The van der Waals surface area contributed by atoms with Crippen LogP contribution >= 0.6 is 0 Å². The van der Waals surface area contributed by atoms with Crippen molar-refractivity contribution in [2.75, 3.05) is 0 Å². The second-order valence-electron chi connectivity index (χ2n) is 9.79. The highest BCUT2D eigenvalue weighted by molar-refractivity contribution is 5.29. The smallest absolute Gasteiger partial charge is 0.406 e. The zero-order chi connectivity index (χ0) is 23.5. The van der Waals surface area contributed by atoms with Gasteiger partial charge in [0.25, 0.3) is 0 Å². The minimum Gasteiger partial charge on any atom is -0.406 e. The highest BCUT2D eigenvalue weighted by atomic mass is 19.4. The van der Waals surface area contributed by atoms with Crippen molar-refractivity contribution in [3.8, 4) is 11.8 Å². The Balaban J connectivity index is 1.29. The standard InChI is InChI=1S/C28H36F3NO/c29-28(30,31)33-27-19-17-26(18-20-27)25-15-13-24(14-16-25)12-11-23-9-7-22(8-10-23)6-4-2-1-3-5-21-32/h1-3,5,17-20,22-25H,4,6-16H2/b2-1+,5-3+/t22-,23-,24-,25-. The first kappa shape index (κ1) is 25.4. The summed E-state index contributed by atoms with van der Waals surface area (Å²) in [5.74, 6) is 2.86. The first-order chi connectivity index (χ1) is 15.9. The van der Waals surface area contributed by atoms with Gasteiger partial charge in [0.1, 0.15) is 5.75 Å². The molecule has 1 aromatic carbocycles. The molecule has 2 saturated carbocycles. The lowest BCUT2D eigenvalue weighted by atomic mass is 9.74. The molecule has 0 aliphatic heterocycles. The Morgan fingerprint density at radius 1 is 0.818 bits per heavy atom. The summed E-state index contributed by atoms with van der Waals surface area (Å²) in [5.41, 5.74) is 1.14. The SMILES string of the molecule is N#C/C=C/C=C/CC[C@H]1CC[C@H](CC[C@H]2CC[C@H](c3ccc(OC(F)(F)F)cc3)CC2)CC1. The summed E-state index contributed by atoms with van der Waals surface area (Å²) < 4.78 is 41.0. The molecule has 0 amide bonds. The summed E-state index contributed by atoms with van der Waals surface area (Å²) in [4.78, 5) is 0. The molecule has 1 aromatic rings. The molecule has 0 saturated heterocycles. The van der Waals surface area contributed by atoms with Crippen LogP contribution in [0.3, 0.4) is 0 Å². The van der Waals surface area contributed by atoms with Crippen molar-refractivity contribution in [2.45, 2.75) is 89.3 Å². The van der Waals surface area contributed by atoms with E-state index in [-0.39, 0.29) is 5.75 Å². The molecule has 180 valence electrons. The fraction of sp³-hybridized carbons (Fsp3) is 0.607. The zero-order valence-electron chi connectivity index (χ0n) is 19.4. The normalized spacial score (nSPS) is 26.5. The molecular formula is C28H36F3NO. The molecule has 33 heavy (non-hydrogen) atoms. The van der Waals surface area contributed by atoms with Gasteiger partial charge in [0.05, 0.1) is 6.07 Å². The minimum atomic E-state index is -4.63. The number of rotatable bonds is 9. The highest BCUT2D eigenvalue weighted by Crippen LogP contribution is 2.40. The van der Waals surface area contributed by atoms with E-state index >= 15 is 0 Å². The number of allylic oxidation sites excluding steroid dienone is 4. The van der Waals surface area contributed by atoms with Gasteiger partial charge in [-0.1, -0.05) is 68.9 Å². The molecule has 0 bridgehead atoms. The minimum absolute atomic E-state index is 0.140. The lowest BCUT2D eigenvalue weighted by Gasteiger charge is -2.32. The van der Waals surface area contributed by atoms with Gasteiger partial charge in [0, 0.05) is 6.08 Å². The summed E-state index contributed by atoms with van der Waals surface area (Å²) >= 11 is 0. The van der Waals surface area contributed by atoms with Crippen LogP contribution in [0.1, 0.15) is 88.5 Å². The van der Waals surface area contributed by atoms with E-state index in [0.717, 1.165) is 42.6 Å². The molecule has 0 unspecified atom stereocenters. The number of nitriles is 1. The van der Waals surface area contributed by atoms with Crippen LogP contribution in [0.15, 0.2) is 48.6 Å². The number of halogens is 3. The first-order valence-electron chi connectivity index (χ1n) is 12.5. The van der Waals surface area contributed by atoms with Crippen molar-refractivity contribution in [2.24, 2.45) is 17.8 Å². The fourth-order valence-corrected chi connectivity index (χ4v) is 5.61. The van der Waals surface area contributed by atoms with Crippen molar-refractivity contribution in [1.29, 1.82) is 5.26 Å². The second kappa shape index (κ2) is 12.9. The number of alkyl halides is 3. The van der Waals surface area contributed by atoms with E-state index in [4.69, 9.17) is 5.26 Å². The van der Waals surface area contributed by atoms with Gasteiger partial charge in [0.15, 0.2) is 0 Å². The monoisotopic (exact) mass is 459 g/mol. The van der Waals surface area contributed by atoms with Crippen LogP contribution in [0.25, 0.3) is 0 Å². The largest absolute Gasteiger partial charge is 0.573 e. The van der Waals surface area contributed by atoms with Crippen LogP contribution in [0.5, 0.6) is 5.75 Å². The molecule has 2 nitrogen and oxygen atoms in total. The topological polar surface area (TPSA) is 33.0 Å². The summed E-state index contributed by atoms with van der Waals surface area (Å²) in [6.45, 7) is 0. The molecule has 2 aliphatic rings. The maximum atomic E-state index is 12.3. The average Bonchev–Trinajstić information content (AvgIpc) is 2.81. The van der Waals surface area contributed by atoms with E-state index < -0.39 is 6.36 Å². The number of benzene rings is 1. The molecular weight excluding hydrogens is 423 g/mol. The van der Waals surface area contributed by atoms with Crippen molar-refractivity contribution in [1.82, 2.24) is 0 Å². The van der Waals surface area contributed by atoms with Crippen LogP contribution in [-0.4, -0.2) is 6.36 Å². The van der Waals surface area contributed by atoms with Crippen LogP contribution < -0.4 is 4.74 Å². The summed E-state index contributed by atoms with van der Waals surface area (Å²) in [6.07, 6.45) is 18.0. The predicted molar refractivity (Wildman–Crippen MR) is 126 cm³/mol. The van der Waals surface area contributed by atoms with E-state index in [1.54, 1.807) is 18.2 Å². The van der Waals surface area contributed by atoms with E-state index in [9.17, 15) is 13.2 Å². The predicted octanol–water partition coefficient (Wildman–Crippen LogP) is 8.86. The number of hydrogen-bond donors (Lipinski definition) is 0. The summed E-state index contributed by atoms with van der Waals surface area (Å²) in [7, 11) is 0. The Labute approximate surface area is 196 Å². The highest BCUT2D eigenvalue weighted by Gasteiger charge is 2.31. The third-order valence-corrected chi connectivity index (χ3v) is 7.54. The first-order valence-corrected chi connectivity index (χ1v) is 12.5. The Hall–Kier alpha value is -2.22. The Morgan fingerprint density at radius 2 is 1.36 bits per heavy atom. The van der Waals surface area contributed by atoms with E-state index in [1.807, 2.05) is 12.1 Å². The Kier molecular flexibility index (Phi) is 9.91. The Bertz CT molecular complexity index is 790. The lowest BCUT2D eigenvalue weighted by Crippen LogP contribution is -2.18. The molecule has 5 heteroatoms. The van der Waals surface area contributed by atoms with Crippen LogP contribution in [0.2, 0.25) is 0 Å². The van der Waals surface area contributed by atoms with Gasteiger partial charge < -0.3 is 4.74 Å². The van der Waals surface area contributed by atoms with Gasteiger partial charge in [0.2, 0.25) is 0 Å². The van der Waals surface area contributed by atoms with E-state index in [0.29, 0.717) is 5.92 Å². The van der Waals surface area contributed by atoms with E-state index in [2.05, 4.69) is 10.8 Å². The van der Waals surface area contributed by atoms with Gasteiger partial charge in [-0.3, -0.25) is 0 Å². The molecule has 0 spiro atoms. The molecule has 0 heterocycles. The molecule has 0 radical (unpaired) electrons. The molecule has 0 aromatic heterocycles. The average molecular weight is 460 g/mol. The summed E-state index contributed by atoms with van der Waals surface area (Å²) in [5, 5.41) is 8.47. The van der Waals surface area contributed by atoms with Crippen molar-refractivity contribution < 1.29 is 17.9 Å². The molecule has 2 aliphatic carbocycles. The van der Waals surface area contributed by atoms with Gasteiger partial charge in [-0.25, -0.2) is 0 Å². The van der Waals surface area contributed by atoms with Crippen molar-refractivity contribution >= 4 is 0 Å². The van der Waals surface area contributed by atoms with Gasteiger partial charge in [-0.15, -0.1) is 13.2 Å². The molecule has 2 fully saturated rings. The van der Waals surface area contributed by atoms with Crippen LogP contribution in [-0.2, 0) is 0 Å². The number of ether oxygens (including phenoxy) is 1. The molecule has 0 atom stereocenters. The van der Waals surface area contributed by atoms with E-state index in [1.165, 1.54) is 76.0 Å². The molecule has 3 rings (SSSR count). The quantitative estimate of drug-likeness (QED) is 0.273. The lowest BCUT2D eigenvalue weighted by molar-refractivity contribution is -0.274. The molecule has 0 N–H and O–H groups in total. The van der Waals surface area contributed by atoms with Crippen LogP contribution in [0.4, 0.5) is 13.2 Å². The summed E-state index contributed by atoms with van der Waals surface area (Å²) in [6, 6.07) is 8.46. The Morgan fingerprint density at radius 3 is 1.91 bits per heavy atom. The third kappa shape index (κ3) is 9.27. The maximum Gasteiger partial charge on any atom is 0.573 e.